The molecule has 4 nitrogen and oxygen atoms in total. The molecule has 4 rings (SSSR count). The third kappa shape index (κ3) is 2.61. The summed E-state index contributed by atoms with van der Waals surface area (Å²) in [4.78, 5) is 8.89. The van der Waals surface area contributed by atoms with Crippen LogP contribution in [0.3, 0.4) is 0 Å². The molecule has 0 radical (unpaired) electrons. The van der Waals surface area contributed by atoms with Gasteiger partial charge in [0.15, 0.2) is 5.75 Å². The largest absolute Gasteiger partial charge is 0.497 e. The first-order chi connectivity index (χ1) is 11.7. The molecule has 0 N–H and O–H groups in total. The van der Waals surface area contributed by atoms with Crippen molar-refractivity contribution in [2.24, 2.45) is 4.99 Å². The summed E-state index contributed by atoms with van der Waals surface area (Å²) in [5.74, 6) is 2.12. The fourth-order valence-electron chi connectivity index (χ4n) is 2.60. The summed E-state index contributed by atoms with van der Waals surface area (Å²) in [6.45, 7) is 0. The lowest BCUT2D eigenvalue weighted by molar-refractivity contribution is 0.413. The molecule has 0 unspecified atom stereocenters. The van der Waals surface area contributed by atoms with Crippen molar-refractivity contribution in [2.75, 3.05) is 7.11 Å². The van der Waals surface area contributed by atoms with Gasteiger partial charge in [-0.3, -0.25) is 4.98 Å². The van der Waals surface area contributed by atoms with E-state index in [4.69, 9.17) is 26.1 Å². The van der Waals surface area contributed by atoms with Gasteiger partial charge in [-0.2, -0.15) is 0 Å². The number of aliphatic imine (C=N–C) groups is 1. The van der Waals surface area contributed by atoms with Crippen LogP contribution in [0.1, 0.15) is 11.1 Å². The third-order valence-electron chi connectivity index (χ3n) is 3.77. The van der Waals surface area contributed by atoms with E-state index in [1.807, 2.05) is 36.4 Å². The summed E-state index contributed by atoms with van der Waals surface area (Å²) in [6.07, 6.45) is 3.48. The van der Waals surface area contributed by atoms with Crippen LogP contribution in [-0.2, 0) is 0 Å². The van der Waals surface area contributed by atoms with Crippen molar-refractivity contribution in [3.63, 3.8) is 0 Å². The third-order valence-corrected chi connectivity index (χ3v) is 4.00. The quantitative estimate of drug-likeness (QED) is 0.516. The standard InChI is InChI=1S/C19H13ClN2O2/c1-23-14-3-5-17-15(11-14)19(12-6-8-21-9-7-12)22-16-10-13(20)2-4-18(16)24-17/h2-11H,1H3. The molecule has 1 aliphatic heterocycles. The van der Waals surface area contributed by atoms with Gasteiger partial charge >= 0.3 is 0 Å². The van der Waals surface area contributed by atoms with Crippen LogP contribution in [0.25, 0.3) is 0 Å². The molecular weight excluding hydrogens is 324 g/mol. The smallest absolute Gasteiger partial charge is 0.153 e. The lowest BCUT2D eigenvalue weighted by atomic mass is 10.0. The highest BCUT2D eigenvalue weighted by molar-refractivity contribution is 6.31. The lowest BCUT2D eigenvalue weighted by Gasteiger charge is -2.11. The van der Waals surface area contributed by atoms with Gasteiger partial charge in [0.25, 0.3) is 0 Å². The van der Waals surface area contributed by atoms with Crippen LogP contribution in [0.15, 0.2) is 65.9 Å². The summed E-state index contributed by atoms with van der Waals surface area (Å²) >= 11 is 6.13. The molecule has 5 heteroatoms. The zero-order valence-corrected chi connectivity index (χ0v) is 13.6. The van der Waals surface area contributed by atoms with Gasteiger partial charge in [0.1, 0.15) is 17.2 Å². The maximum atomic E-state index is 6.13. The average molecular weight is 337 g/mol. The minimum absolute atomic E-state index is 0.610. The van der Waals surface area contributed by atoms with Crippen molar-refractivity contribution in [2.45, 2.75) is 0 Å². The highest BCUT2D eigenvalue weighted by Crippen LogP contribution is 2.41. The van der Waals surface area contributed by atoms with Crippen LogP contribution in [0.2, 0.25) is 5.02 Å². The zero-order chi connectivity index (χ0) is 16.5. The molecule has 0 aliphatic carbocycles. The zero-order valence-electron chi connectivity index (χ0n) is 12.9. The molecule has 0 amide bonds. The van der Waals surface area contributed by atoms with E-state index in [0.29, 0.717) is 22.2 Å². The Balaban J connectivity index is 2.00. The second-order valence-corrected chi connectivity index (χ2v) is 5.71. The Bertz CT molecular complexity index is 939. The van der Waals surface area contributed by atoms with Gasteiger partial charge in [-0.15, -0.1) is 0 Å². The Morgan fingerprint density at radius 2 is 1.75 bits per heavy atom. The van der Waals surface area contributed by atoms with Crippen molar-refractivity contribution in [3.8, 4) is 17.2 Å². The molecule has 0 atom stereocenters. The second-order valence-electron chi connectivity index (χ2n) is 5.27. The van der Waals surface area contributed by atoms with E-state index in [0.717, 1.165) is 22.6 Å². The minimum atomic E-state index is 0.610. The molecular formula is C19H13ClN2O2. The number of methoxy groups -OCH3 is 1. The molecule has 0 saturated heterocycles. The molecule has 3 aromatic rings. The molecule has 0 spiro atoms. The fourth-order valence-corrected chi connectivity index (χ4v) is 2.77. The molecule has 2 heterocycles. The summed E-state index contributed by atoms with van der Waals surface area (Å²) in [7, 11) is 1.64. The van der Waals surface area contributed by atoms with Crippen LogP contribution in [0.4, 0.5) is 5.69 Å². The highest BCUT2D eigenvalue weighted by Gasteiger charge is 2.20. The minimum Gasteiger partial charge on any atom is -0.497 e. The van der Waals surface area contributed by atoms with Crippen LogP contribution >= 0.6 is 11.6 Å². The van der Waals surface area contributed by atoms with Crippen LogP contribution in [0.5, 0.6) is 17.2 Å². The molecule has 0 bridgehead atoms. The Hall–Kier alpha value is -2.85. The van der Waals surface area contributed by atoms with Gasteiger partial charge in [0, 0.05) is 28.5 Å². The van der Waals surface area contributed by atoms with Gasteiger partial charge in [-0.05, 0) is 48.5 Å². The number of rotatable bonds is 2. The Morgan fingerprint density at radius 1 is 0.958 bits per heavy atom. The van der Waals surface area contributed by atoms with Crippen molar-refractivity contribution in [1.29, 1.82) is 0 Å². The molecule has 118 valence electrons. The van der Waals surface area contributed by atoms with Gasteiger partial charge in [-0.1, -0.05) is 11.6 Å². The molecule has 1 aromatic heterocycles. The summed E-state index contributed by atoms with van der Waals surface area (Å²) in [5, 5.41) is 0.610. The molecule has 1 aliphatic rings. The number of halogens is 1. The number of hydrogen-bond acceptors (Lipinski definition) is 4. The summed E-state index contributed by atoms with van der Waals surface area (Å²) in [5.41, 5.74) is 3.26. The molecule has 0 fully saturated rings. The number of pyridine rings is 1. The second kappa shape index (κ2) is 5.98. The van der Waals surface area contributed by atoms with E-state index in [-0.39, 0.29) is 0 Å². The van der Waals surface area contributed by atoms with Crippen molar-refractivity contribution < 1.29 is 9.47 Å². The molecule has 0 saturated carbocycles. The molecule has 2 aromatic carbocycles. The summed E-state index contributed by atoms with van der Waals surface area (Å²) in [6, 6.07) is 14.9. The van der Waals surface area contributed by atoms with Crippen molar-refractivity contribution in [3.05, 3.63) is 77.1 Å². The van der Waals surface area contributed by atoms with Crippen LogP contribution in [-0.4, -0.2) is 17.8 Å². The number of nitrogens with zero attached hydrogens (tertiary/aromatic N) is 2. The lowest BCUT2D eigenvalue weighted by Crippen LogP contribution is -2.04. The Kier molecular flexibility index (Phi) is 3.67. The molecule has 24 heavy (non-hydrogen) atoms. The monoisotopic (exact) mass is 336 g/mol. The first-order valence-corrected chi connectivity index (χ1v) is 7.77. The van der Waals surface area contributed by atoms with E-state index in [9.17, 15) is 0 Å². The van der Waals surface area contributed by atoms with E-state index in [1.54, 1.807) is 31.6 Å². The van der Waals surface area contributed by atoms with Crippen molar-refractivity contribution in [1.82, 2.24) is 4.98 Å². The van der Waals surface area contributed by atoms with E-state index in [1.165, 1.54) is 0 Å². The maximum absolute atomic E-state index is 6.13. The van der Waals surface area contributed by atoms with Gasteiger partial charge in [0.2, 0.25) is 0 Å². The number of hydrogen-bond donors (Lipinski definition) is 0. The highest BCUT2D eigenvalue weighted by atomic mass is 35.5. The van der Waals surface area contributed by atoms with E-state index in [2.05, 4.69) is 4.98 Å². The Labute approximate surface area is 144 Å². The summed E-state index contributed by atoms with van der Waals surface area (Å²) < 4.78 is 11.4. The van der Waals surface area contributed by atoms with Gasteiger partial charge < -0.3 is 9.47 Å². The number of benzene rings is 2. The first kappa shape index (κ1) is 14.7. The average Bonchev–Trinajstić information content (AvgIpc) is 2.78. The van der Waals surface area contributed by atoms with Crippen molar-refractivity contribution >= 4 is 23.0 Å². The van der Waals surface area contributed by atoms with Crippen LogP contribution in [0, 0.1) is 0 Å². The normalized spacial score (nSPS) is 12.3. The number of aromatic nitrogens is 1. The first-order valence-electron chi connectivity index (χ1n) is 7.39. The van der Waals surface area contributed by atoms with Gasteiger partial charge in [-0.25, -0.2) is 4.99 Å². The number of ether oxygens (including phenoxy) is 2. The van der Waals surface area contributed by atoms with E-state index >= 15 is 0 Å². The SMILES string of the molecule is COc1ccc2c(c1)C(c1ccncc1)=Nc1cc(Cl)ccc1O2. The van der Waals surface area contributed by atoms with Gasteiger partial charge in [0.05, 0.1) is 12.8 Å². The predicted molar refractivity (Wildman–Crippen MR) is 94.1 cm³/mol. The fraction of sp³-hybridized carbons (Fsp3) is 0.0526. The predicted octanol–water partition coefficient (Wildman–Crippen LogP) is 5.02. The topological polar surface area (TPSA) is 43.7 Å². The van der Waals surface area contributed by atoms with E-state index < -0.39 is 0 Å². The maximum Gasteiger partial charge on any atom is 0.153 e. The van der Waals surface area contributed by atoms with Crippen LogP contribution < -0.4 is 9.47 Å². The number of fused-ring (bicyclic) bond motifs is 2. The Morgan fingerprint density at radius 3 is 2.54 bits per heavy atom.